The molecule has 0 aliphatic carbocycles. The van der Waals surface area contributed by atoms with E-state index < -0.39 is 5.91 Å². The Morgan fingerprint density at radius 3 is 2.58 bits per heavy atom. The van der Waals surface area contributed by atoms with Crippen molar-refractivity contribution in [3.05, 3.63) is 76.6 Å². The first-order valence-electron chi connectivity index (χ1n) is 9.83. The monoisotopic (exact) mass is 465 g/mol. The quantitative estimate of drug-likeness (QED) is 0.313. The van der Waals surface area contributed by atoms with Crippen LogP contribution >= 0.6 is 11.6 Å². The molecule has 0 aliphatic heterocycles. The molecule has 2 aromatic heterocycles. The number of hydrogen-bond acceptors (Lipinski definition) is 9. The van der Waals surface area contributed by atoms with Crippen LogP contribution in [0.2, 0.25) is 5.02 Å². The van der Waals surface area contributed by atoms with E-state index in [0.717, 1.165) is 11.3 Å². The number of amides is 1. The van der Waals surface area contributed by atoms with Crippen LogP contribution < -0.4 is 16.1 Å². The summed E-state index contributed by atoms with van der Waals surface area (Å²) in [7, 11) is 1.88. The number of aromatic nitrogens is 5. The molecular weight excluding hydrogens is 446 g/mol. The number of nitrogens with two attached hydrogens (primary N) is 1. The Balaban J connectivity index is 1.63. The summed E-state index contributed by atoms with van der Waals surface area (Å²) in [5.41, 5.74) is 11.2. The number of halogens is 1. The van der Waals surface area contributed by atoms with Gasteiger partial charge in [-0.25, -0.2) is 10.1 Å². The molecule has 0 saturated heterocycles. The SMILES string of the molecule is C/C(=N\NC(=O)c1nnn(-c2nonc2N)c1CN(C)c1ccccc1)c1ccc(Cl)cc1. The lowest BCUT2D eigenvalue weighted by atomic mass is 10.1. The second-order valence-corrected chi connectivity index (χ2v) is 7.54. The lowest BCUT2D eigenvalue weighted by Crippen LogP contribution is -2.25. The summed E-state index contributed by atoms with van der Waals surface area (Å²) in [5.74, 6) is -0.382. The number of hydrazone groups is 1. The minimum atomic E-state index is -0.541. The summed E-state index contributed by atoms with van der Waals surface area (Å²) in [6.45, 7) is 2.04. The Morgan fingerprint density at radius 1 is 1.18 bits per heavy atom. The second-order valence-electron chi connectivity index (χ2n) is 7.11. The third-order valence-corrected chi connectivity index (χ3v) is 5.10. The van der Waals surface area contributed by atoms with Crippen LogP contribution in [0, 0.1) is 0 Å². The van der Waals surface area contributed by atoms with E-state index in [1.807, 2.05) is 54.4 Å². The van der Waals surface area contributed by atoms with E-state index in [0.29, 0.717) is 16.4 Å². The molecule has 1 amide bonds. The van der Waals surface area contributed by atoms with Crippen LogP contribution in [0.25, 0.3) is 5.82 Å². The van der Waals surface area contributed by atoms with Gasteiger partial charge in [-0.15, -0.1) is 5.10 Å². The molecule has 0 bridgehead atoms. The Hall–Kier alpha value is -4.25. The van der Waals surface area contributed by atoms with Gasteiger partial charge in [-0.2, -0.15) is 9.78 Å². The summed E-state index contributed by atoms with van der Waals surface area (Å²) in [4.78, 5) is 14.9. The molecule has 3 N–H and O–H groups in total. The van der Waals surface area contributed by atoms with Gasteiger partial charge in [0.2, 0.25) is 11.6 Å². The first-order valence-corrected chi connectivity index (χ1v) is 10.2. The maximum Gasteiger partial charge on any atom is 0.293 e. The average Bonchev–Trinajstić information content (AvgIpc) is 3.43. The van der Waals surface area contributed by atoms with Crippen molar-refractivity contribution in [2.24, 2.45) is 5.10 Å². The number of benzene rings is 2. The molecular formula is C21H20ClN9O2. The molecule has 0 unspecified atom stereocenters. The molecule has 0 fully saturated rings. The number of anilines is 2. The number of carbonyl (C=O) groups is 1. The molecule has 11 nitrogen and oxygen atoms in total. The van der Waals surface area contributed by atoms with Gasteiger partial charge in [-0.1, -0.05) is 47.1 Å². The van der Waals surface area contributed by atoms with Crippen LogP contribution in [0.15, 0.2) is 64.3 Å². The zero-order valence-corrected chi connectivity index (χ0v) is 18.6. The molecule has 2 heterocycles. The maximum atomic E-state index is 13.0. The lowest BCUT2D eigenvalue weighted by Gasteiger charge is -2.19. The van der Waals surface area contributed by atoms with Crippen LogP contribution in [0.4, 0.5) is 11.5 Å². The van der Waals surface area contributed by atoms with Crippen LogP contribution in [-0.4, -0.2) is 44.0 Å². The van der Waals surface area contributed by atoms with Gasteiger partial charge in [0.1, 0.15) is 0 Å². The van der Waals surface area contributed by atoms with E-state index in [4.69, 9.17) is 22.0 Å². The first kappa shape index (κ1) is 22.0. The Labute approximate surface area is 193 Å². The van der Waals surface area contributed by atoms with Gasteiger partial charge >= 0.3 is 0 Å². The Bertz CT molecular complexity index is 1280. The topological polar surface area (TPSA) is 140 Å². The lowest BCUT2D eigenvalue weighted by molar-refractivity contribution is 0.0949. The molecule has 2 aromatic carbocycles. The van der Waals surface area contributed by atoms with Crippen LogP contribution in [0.3, 0.4) is 0 Å². The van der Waals surface area contributed by atoms with Crippen molar-refractivity contribution in [3.8, 4) is 5.82 Å². The number of nitrogens with one attached hydrogen (secondary N) is 1. The van der Waals surface area contributed by atoms with Crippen molar-refractivity contribution in [3.63, 3.8) is 0 Å². The van der Waals surface area contributed by atoms with E-state index in [1.165, 1.54) is 4.68 Å². The molecule has 0 radical (unpaired) electrons. The summed E-state index contributed by atoms with van der Waals surface area (Å²) in [5, 5.41) is 20.3. The summed E-state index contributed by atoms with van der Waals surface area (Å²) < 4.78 is 6.02. The van der Waals surface area contributed by atoms with Crippen molar-refractivity contribution in [1.29, 1.82) is 0 Å². The third-order valence-electron chi connectivity index (χ3n) is 4.85. The van der Waals surface area contributed by atoms with E-state index in [1.54, 1.807) is 19.1 Å². The number of hydrogen-bond donors (Lipinski definition) is 2. The third kappa shape index (κ3) is 4.83. The molecule has 33 heavy (non-hydrogen) atoms. The molecule has 12 heteroatoms. The summed E-state index contributed by atoms with van der Waals surface area (Å²) in [6.07, 6.45) is 0. The molecule has 168 valence electrons. The highest BCUT2D eigenvalue weighted by molar-refractivity contribution is 6.30. The fraction of sp³-hybridized carbons (Fsp3) is 0.143. The van der Waals surface area contributed by atoms with E-state index >= 15 is 0 Å². The smallest absolute Gasteiger partial charge is 0.293 e. The number of para-hydroxylation sites is 1. The van der Waals surface area contributed by atoms with Gasteiger partial charge in [-0.3, -0.25) is 4.79 Å². The number of rotatable bonds is 7. The highest BCUT2D eigenvalue weighted by Gasteiger charge is 2.25. The molecule has 0 spiro atoms. The predicted octanol–water partition coefficient (Wildman–Crippen LogP) is 2.68. The molecule has 0 aliphatic rings. The van der Waals surface area contributed by atoms with Gasteiger partial charge in [0, 0.05) is 17.8 Å². The molecule has 4 rings (SSSR count). The zero-order valence-electron chi connectivity index (χ0n) is 17.8. The Morgan fingerprint density at radius 2 is 1.91 bits per heavy atom. The minimum Gasteiger partial charge on any atom is -0.378 e. The zero-order chi connectivity index (χ0) is 23.4. The summed E-state index contributed by atoms with van der Waals surface area (Å²) in [6, 6.07) is 16.8. The summed E-state index contributed by atoms with van der Waals surface area (Å²) >= 11 is 5.93. The number of nitrogens with zero attached hydrogens (tertiary/aromatic N) is 7. The predicted molar refractivity (Wildman–Crippen MR) is 123 cm³/mol. The van der Waals surface area contributed by atoms with E-state index in [2.05, 4.69) is 31.2 Å². The van der Waals surface area contributed by atoms with E-state index in [9.17, 15) is 4.79 Å². The van der Waals surface area contributed by atoms with Crippen LogP contribution in [0.1, 0.15) is 28.7 Å². The van der Waals surface area contributed by atoms with Crippen LogP contribution in [0.5, 0.6) is 0 Å². The van der Waals surface area contributed by atoms with Gasteiger partial charge in [-0.05, 0) is 47.1 Å². The number of nitrogen functional groups attached to an aromatic ring is 1. The highest BCUT2D eigenvalue weighted by Crippen LogP contribution is 2.20. The van der Waals surface area contributed by atoms with Crippen LogP contribution in [-0.2, 0) is 6.54 Å². The van der Waals surface area contributed by atoms with Gasteiger partial charge in [0.05, 0.1) is 18.0 Å². The van der Waals surface area contributed by atoms with Crippen molar-refractivity contribution < 1.29 is 9.42 Å². The largest absolute Gasteiger partial charge is 0.378 e. The maximum absolute atomic E-state index is 13.0. The second kappa shape index (κ2) is 9.49. The van der Waals surface area contributed by atoms with Crippen molar-refractivity contribution >= 4 is 34.7 Å². The fourth-order valence-electron chi connectivity index (χ4n) is 3.07. The number of carbonyl (C=O) groups excluding carboxylic acids is 1. The van der Waals surface area contributed by atoms with Crippen molar-refractivity contribution in [2.75, 3.05) is 17.7 Å². The van der Waals surface area contributed by atoms with Crippen molar-refractivity contribution in [2.45, 2.75) is 13.5 Å². The Kier molecular flexibility index (Phi) is 6.31. The minimum absolute atomic E-state index is 0.0204. The normalized spacial score (nSPS) is 11.4. The first-order chi connectivity index (χ1) is 15.9. The highest BCUT2D eigenvalue weighted by atomic mass is 35.5. The van der Waals surface area contributed by atoms with Crippen molar-refractivity contribution in [1.82, 2.24) is 30.7 Å². The standard InChI is InChI=1S/C21H20ClN9O2/c1-13(14-8-10-15(22)11-9-14)24-26-21(32)18-17(12-30(2)16-6-4-3-5-7-16)31(29-25-18)20-19(23)27-33-28-20/h3-11H,12H2,1-2H3,(H2,23,27)(H,26,32)/b24-13+. The van der Waals surface area contributed by atoms with E-state index in [-0.39, 0.29) is 23.9 Å². The van der Waals surface area contributed by atoms with Gasteiger partial charge in [0.15, 0.2) is 5.69 Å². The fourth-order valence-corrected chi connectivity index (χ4v) is 3.20. The van der Waals surface area contributed by atoms with Gasteiger partial charge < -0.3 is 10.6 Å². The molecule has 4 aromatic rings. The van der Waals surface area contributed by atoms with Gasteiger partial charge in [0.25, 0.3) is 5.91 Å². The molecule has 0 saturated carbocycles. The average molecular weight is 466 g/mol. The molecule has 0 atom stereocenters.